The Labute approximate surface area is 227 Å². The van der Waals surface area contributed by atoms with Crippen molar-refractivity contribution in [2.24, 2.45) is 0 Å². The Hall–Kier alpha value is -2.29. The van der Waals surface area contributed by atoms with Crippen LogP contribution in [0.4, 0.5) is 4.79 Å². The number of methoxy groups -OCH3 is 1. The molecule has 0 spiro atoms. The molecule has 7 nitrogen and oxygen atoms in total. The summed E-state index contributed by atoms with van der Waals surface area (Å²) in [6.45, 7) is 5.32. The van der Waals surface area contributed by atoms with Crippen LogP contribution in [0.25, 0.3) is 5.57 Å². The van der Waals surface area contributed by atoms with Crippen molar-refractivity contribution in [2.75, 3.05) is 20.3 Å². The molecule has 5 rings (SSSR count). The minimum absolute atomic E-state index is 0. The summed E-state index contributed by atoms with van der Waals surface area (Å²) >= 11 is 0. The topological polar surface area (TPSA) is 65.8 Å². The van der Waals surface area contributed by atoms with E-state index in [-0.39, 0.29) is 44.0 Å². The van der Waals surface area contributed by atoms with E-state index in [1.807, 2.05) is 22.7 Å². The van der Waals surface area contributed by atoms with Gasteiger partial charge in [-0.25, -0.2) is 9.48 Å². The maximum Gasteiger partial charge on any atom is 0.410 e. The molecule has 1 saturated carbocycles. The Kier molecular flexibility index (Phi) is 9.37. The Morgan fingerprint density at radius 1 is 1.11 bits per heavy atom. The molecule has 2 fully saturated rings. The monoisotopic (exact) mass is 527 g/mol. The summed E-state index contributed by atoms with van der Waals surface area (Å²) in [4.78, 5) is 14.6. The van der Waals surface area contributed by atoms with E-state index in [1.54, 1.807) is 0 Å². The Balaban J connectivity index is 0.00000320. The smallest absolute Gasteiger partial charge is 0.410 e. The molecule has 8 heteroatoms. The second kappa shape index (κ2) is 12.5. The molecule has 3 atom stereocenters. The number of rotatable bonds is 6. The molecule has 0 N–H and O–H groups in total. The molecule has 1 aromatic heterocycles. The lowest BCUT2D eigenvalue weighted by Crippen LogP contribution is -2.44. The summed E-state index contributed by atoms with van der Waals surface area (Å²) in [7, 11) is 1.45. The molecule has 202 valence electrons. The van der Waals surface area contributed by atoms with Crippen LogP contribution in [0.2, 0.25) is 0 Å². The van der Waals surface area contributed by atoms with Gasteiger partial charge in [-0.05, 0) is 75.8 Å². The third kappa shape index (κ3) is 5.91. The average molecular weight is 528 g/mol. The molecule has 1 amide bonds. The quantitative estimate of drug-likeness (QED) is 0.463. The molecule has 2 aromatic rings. The van der Waals surface area contributed by atoms with Crippen molar-refractivity contribution in [2.45, 2.75) is 89.1 Å². The fourth-order valence-corrected chi connectivity index (χ4v) is 6.15. The normalized spacial score (nSPS) is 27.9. The van der Waals surface area contributed by atoms with Gasteiger partial charge in [0.05, 0.1) is 43.8 Å². The maximum absolute atomic E-state index is 12.8. The fourth-order valence-electron chi connectivity index (χ4n) is 6.15. The molecular formula is C29H41N3O4S. The van der Waals surface area contributed by atoms with E-state index >= 15 is 0 Å². The van der Waals surface area contributed by atoms with Gasteiger partial charge in [0.2, 0.25) is 0 Å². The highest BCUT2D eigenvalue weighted by molar-refractivity contribution is 7.59. The van der Waals surface area contributed by atoms with E-state index in [0.29, 0.717) is 12.5 Å². The first-order valence-corrected chi connectivity index (χ1v) is 13.5. The van der Waals surface area contributed by atoms with Crippen LogP contribution in [0, 0.1) is 6.92 Å². The maximum atomic E-state index is 12.8. The molecule has 3 heterocycles. The van der Waals surface area contributed by atoms with E-state index < -0.39 is 0 Å². The molecule has 37 heavy (non-hydrogen) atoms. The number of carbonyl (C=O) groups is 1. The number of aryl methyl sites for hydroxylation is 1. The van der Waals surface area contributed by atoms with Crippen LogP contribution in [0.1, 0.15) is 80.8 Å². The van der Waals surface area contributed by atoms with E-state index in [9.17, 15) is 4.79 Å². The van der Waals surface area contributed by atoms with Gasteiger partial charge in [-0.2, -0.15) is 18.6 Å². The van der Waals surface area contributed by atoms with Crippen molar-refractivity contribution in [1.82, 2.24) is 14.7 Å². The lowest BCUT2D eigenvalue weighted by Gasteiger charge is -2.33. The van der Waals surface area contributed by atoms with Crippen LogP contribution in [-0.4, -0.2) is 59.3 Å². The number of aromatic nitrogens is 2. The average Bonchev–Trinajstić information content (AvgIpc) is 3.47. The molecule has 3 aliphatic rings. The lowest BCUT2D eigenvalue weighted by molar-refractivity contribution is -0.0402. The molecule has 2 aliphatic heterocycles. The zero-order valence-corrected chi connectivity index (χ0v) is 23.3. The summed E-state index contributed by atoms with van der Waals surface area (Å²) in [6.07, 6.45) is 11.4. The SMILES string of the molecule is COC(=O)N1C(C)C=C(c2c(C)cnn2C2CCCCO2)C1COC1CCC(c2ccccc2)CC1.S. The van der Waals surface area contributed by atoms with Crippen LogP contribution >= 0.6 is 13.5 Å². The summed E-state index contributed by atoms with van der Waals surface area (Å²) in [5.41, 5.74) is 4.63. The molecule has 0 bridgehead atoms. The van der Waals surface area contributed by atoms with Crippen molar-refractivity contribution in [3.05, 3.63) is 59.4 Å². The van der Waals surface area contributed by atoms with Gasteiger partial charge in [0.1, 0.15) is 0 Å². The zero-order chi connectivity index (χ0) is 25.1. The minimum Gasteiger partial charge on any atom is -0.453 e. The number of amides is 1. The number of carbonyl (C=O) groups excluding carboxylic acids is 1. The predicted octanol–water partition coefficient (Wildman–Crippen LogP) is 5.97. The van der Waals surface area contributed by atoms with Gasteiger partial charge >= 0.3 is 6.09 Å². The fraction of sp³-hybridized carbons (Fsp3) is 0.586. The predicted molar refractivity (Wildman–Crippen MR) is 149 cm³/mol. The van der Waals surface area contributed by atoms with Crippen molar-refractivity contribution < 1.29 is 19.0 Å². The van der Waals surface area contributed by atoms with Gasteiger partial charge in [-0.1, -0.05) is 36.4 Å². The second-order valence-corrected chi connectivity index (χ2v) is 10.4. The highest BCUT2D eigenvalue weighted by atomic mass is 32.1. The first-order valence-electron chi connectivity index (χ1n) is 13.5. The first kappa shape index (κ1) is 27.7. The molecule has 1 aromatic carbocycles. The van der Waals surface area contributed by atoms with E-state index in [1.165, 1.54) is 12.7 Å². The summed E-state index contributed by atoms with van der Waals surface area (Å²) < 4.78 is 19.8. The van der Waals surface area contributed by atoms with Crippen LogP contribution in [-0.2, 0) is 14.2 Å². The van der Waals surface area contributed by atoms with Gasteiger partial charge < -0.3 is 14.2 Å². The summed E-state index contributed by atoms with van der Waals surface area (Å²) in [5, 5.41) is 4.70. The standard InChI is InChI=1S/C29H39N3O4.H2S/c1-20-18-30-32(27-11-7-8-16-35-27)28(20)25-17-21(2)31(29(33)34-3)26(25)19-36-24-14-12-23(13-15-24)22-9-5-4-6-10-22;/h4-6,9-10,17-18,21,23-24,26-27H,7-8,11-16,19H2,1-3H3;1H2. The van der Waals surface area contributed by atoms with E-state index in [4.69, 9.17) is 19.3 Å². The number of nitrogens with zero attached hydrogens (tertiary/aromatic N) is 3. The number of ether oxygens (including phenoxy) is 3. The van der Waals surface area contributed by atoms with E-state index in [2.05, 4.69) is 43.3 Å². The van der Waals surface area contributed by atoms with Gasteiger partial charge in [0, 0.05) is 12.2 Å². The van der Waals surface area contributed by atoms with Gasteiger partial charge in [0.25, 0.3) is 0 Å². The lowest BCUT2D eigenvalue weighted by atomic mass is 9.83. The first-order chi connectivity index (χ1) is 17.6. The summed E-state index contributed by atoms with van der Waals surface area (Å²) in [6, 6.07) is 10.5. The number of hydrogen-bond donors (Lipinski definition) is 0. The Morgan fingerprint density at radius 2 is 1.86 bits per heavy atom. The highest BCUT2D eigenvalue weighted by Crippen LogP contribution is 2.38. The van der Waals surface area contributed by atoms with Crippen LogP contribution < -0.4 is 0 Å². The van der Waals surface area contributed by atoms with Gasteiger partial charge in [-0.15, -0.1) is 0 Å². The molecular weight excluding hydrogens is 486 g/mol. The van der Waals surface area contributed by atoms with Gasteiger partial charge in [-0.3, -0.25) is 4.90 Å². The third-order valence-corrected chi connectivity index (χ3v) is 8.06. The van der Waals surface area contributed by atoms with Crippen molar-refractivity contribution >= 4 is 25.2 Å². The van der Waals surface area contributed by atoms with Crippen molar-refractivity contribution in [1.29, 1.82) is 0 Å². The second-order valence-electron chi connectivity index (χ2n) is 10.4. The van der Waals surface area contributed by atoms with Gasteiger partial charge in [0.15, 0.2) is 6.23 Å². The van der Waals surface area contributed by atoms with Crippen molar-refractivity contribution in [3.63, 3.8) is 0 Å². The zero-order valence-electron chi connectivity index (χ0n) is 22.3. The van der Waals surface area contributed by atoms with Crippen molar-refractivity contribution in [3.8, 4) is 0 Å². The minimum atomic E-state index is -0.326. The Morgan fingerprint density at radius 3 is 2.54 bits per heavy atom. The Bertz CT molecular complexity index is 1060. The van der Waals surface area contributed by atoms with E-state index in [0.717, 1.165) is 68.4 Å². The largest absolute Gasteiger partial charge is 0.453 e. The third-order valence-electron chi connectivity index (χ3n) is 8.06. The van der Waals surface area contributed by atoms with Crippen LogP contribution in [0.15, 0.2) is 42.6 Å². The summed E-state index contributed by atoms with van der Waals surface area (Å²) in [5.74, 6) is 0.604. The molecule has 3 unspecified atom stereocenters. The number of benzene rings is 1. The molecule has 1 aliphatic carbocycles. The van der Waals surface area contributed by atoms with Crippen LogP contribution in [0.5, 0.6) is 0 Å². The highest BCUT2D eigenvalue weighted by Gasteiger charge is 2.40. The van der Waals surface area contributed by atoms with Crippen LogP contribution in [0.3, 0.4) is 0 Å². The number of hydrogen-bond acceptors (Lipinski definition) is 5. The molecule has 1 saturated heterocycles. The molecule has 0 radical (unpaired) electrons.